The van der Waals surface area contributed by atoms with Gasteiger partial charge in [-0.2, -0.15) is 0 Å². The highest BCUT2D eigenvalue weighted by molar-refractivity contribution is 8.00. The van der Waals surface area contributed by atoms with Crippen LogP contribution in [0.2, 0.25) is 0 Å². The largest absolute Gasteiger partial charge is 0.378 e. The molecule has 0 aromatic heterocycles. The zero-order valence-corrected chi connectivity index (χ0v) is 15.9. The normalized spacial score (nSPS) is 29.0. The number of hydrogen-bond donors (Lipinski definition) is 1. The number of carbonyl (C=O) groups excluding carboxylic acids is 2. The molecule has 0 aliphatic carbocycles. The Balaban J connectivity index is 0.00000208. The summed E-state index contributed by atoms with van der Waals surface area (Å²) in [6.07, 6.45) is 4.62. The van der Waals surface area contributed by atoms with E-state index in [0.717, 1.165) is 12.8 Å². The Hall–Kier alpha value is -0.500. The summed E-state index contributed by atoms with van der Waals surface area (Å²) in [6.45, 7) is 2.59. The first-order valence-corrected chi connectivity index (χ1v) is 9.74. The zero-order chi connectivity index (χ0) is 16.2. The Morgan fingerprint density at radius 1 is 1.17 bits per heavy atom. The van der Waals surface area contributed by atoms with Gasteiger partial charge in [-0.05, 0) is 25.7 Å². The van der Waals surface area contributed by atoms with Crippen molar-refractivity contribution >= 4 is 36.0 Å². The maximum absolute atomic E-state index is 12.4. The second-order valence-electron chi connectivity index (χ2n) is 6.75. The minimum Gasteiger partial charge on any atom is -0.378 e. The van der Waals surface area contributed by atoms with E-state index in [4.69, 9.17) is 4.74 Å². The van der Waals surface area contributed by atoms with Gasteiger partial charge < -0.3 is 19.9 Å². The topological polar surface area (TPSA) is 61.9 Å². The van der Waals surface area contributed by atoms with Crippen LogP contribution in [0.5, 0.6) is 0 Å². The van der Waals surface area contributed by atoms with Crippen molar-refractivity contribution in [2.75, 3.05) is 44.9 Å². The molecular formula is C16H28ClN3O3S. The van der Waals surface area contributed by atoms with Crippen molar-refractivity contribution in [1.29, 1.82) is 0 Å². The molecule has 6 nitrogen and oxygen atoms in total. The minimum absolute atomic E-state index is 0. The summed E-state index contributed by atoms with van der Waals surface area (Å²) in [7, 11) is 1.92. The van der Waals surface area contributed by atoms with E-state index in [2.05, 4.69) is 5.32 Å². The maximum Gasteiger partial charge on any atom is 0.232 e. The predicted molar refractivity (Wildman–Crippen MR) is 97.7 cm³/mol. The van der Waals surface area contributed by atoms with Crippen molar-refractivity contribution in [2.45, 2.75) is 43.8 Å². The average Bonchev–Trinajstić information content (AvgIpc) is 2.92. The lowest BCUT2D eigenvalue weighted by Gasteiger charge is -2.35. The standard InChI is InChI=1S/C16H27N3O3S.ClH/c1-18(14-8-12-2-3-13(9-14)17-12)15(20)10-23-11-16(21)19-4-6-22-7-5-19;/h12-14,17H,2-11H2,1H3;1H. The van der Waals surface area contributed by atoms with E-state index in [1.807, 2.05) is 16.8 Å². The van der Waals surface area contributed by atoms with Crippen molar-refractivity contribution in [2.24, 2.45) is 0 Å². The highest BCUT2D eigenvalue weighted by Crippen LogP contribution is 2.29. The molecule has 1 N–H and O–H groups in total. The second kappa shape index (κ2) is 9.27. The fraction of sp³-hybridized carbons (Fsp3) is 0.875. The Morgan fingerprint density at radius 3 is 2.42 bits per heavy atom. The number of nitrogens with one attached hydrogen (secondary N) is 1. The Morgan fingerprint density at radius 2 is 1.79 bits per heavy atom. The van der Waals surface area contributed by atoms with Crippen LogP contribution >= 0.6 is 24.2 Å². The van der Waals surface area contributed by atoms with Crippen LogP contribution in [0.1, 0.15) is 25.7 Å². The molecule has 3 heterocycles. The number of piperidine rings is 1. The van der Waals surface area contributed by atoms with Gasteiger partial charge in [0.2, 0.25) is 11.8 Å². The highest BCUT2D eigenvalue weighted by atomic mass is 35.5. The third-order valence-electron chi connectivity index (χ3n) is 5.20. The molecule has 8 heteroatoms. The summed E-state index contributed by atoms with van der Waals surface area (Å²) in [6, 6.07) is 1.53. The number of morpholine rings is 1. The molecule has 2 unspecified atom stereocenters. The molecule has 0 aromatic carbocycles. The molecule has 2 amide bonds. The van der Waals surface area contributed by atoms with Crippen molar-refractivity contribution in [3.8, 4) is 0 Å². The maximum atomic E-state index is 12.4. The number of ether oxygens (including phenoxy) is 1. The van der Waals surface area contributed by atoms with Gasteiger partial charge in [0.15, 0.2) is 0 Å². The Kier molecular flexibility index (Phi) is 7.65. The Labute approximate surface area is 154 Å². The molecule has 2 bridgehead atoms. The molecular weight excluding hydrogens is 350 g/mol. The molecule has 3 aliphatic heterocycles. The predicted octanol–water partition coefficient (Wildman–Crippen LogP) is 0.742. The number of rotatable bonds is 5. The lowest BCUT2D eigenvalue weighted by Crippen LogP contribution is -2.49. The summed E-state index contributed by atoms with van der Waals surface area (Å²) in [4.78, 5) is 28.2. The number of nitrogens with zero attached hydrogens (tertiary/aromatic N) is 2. The smallest absolute Gasteiger partial charge is 0.232 e. The molecule has 2 atom stereocenters. The number of fused-ring (bicyclic) bond motifs is 2. The van der Waals surface area contributed by atoms with E-state index in [9.17, 15) is 9.59 Å². The van der Waals surface area contributed by atoms with E-state index in [-0.39, 0.29) is 24.2 Å². The summed E-state index contributed by atoms with van der Waals surface area (Å²) >= 11 is 1.43. The van der Waals surface area contributed by atoms with Crippen molar-refractivity contribution < 1.29 is 14.3 Å². The number of thioether (sulfide) groups is 1. The van der Waals surface area contributed by atoms with Gasteiger partial charge in [0, 0.05) is 38.3 Å². The minimum atomic E-state index is 0. The van der Waals surface area contributed by atoms with Gasteiger partial charge in [0.1, 0.15) is 0 Å². The molecule has 24 heavy (non-hydrogen) atoms. The van der Waals surface area contributed by atoms with Crippen LogP contribution in [0.3, 0.4) is 0 Å². The number of amides is 2. The van der Waals surface area contributed by atoms with Crippen molar-refractivity contribution in [1.82, 2.24) is 15.1 Å². The fourth-order valence-electron chi connectivity index (χ4n) is 3.78. The molecule has 138 valence electrons. The molecule has 0 aromatic rings. The van der Waals surface area contributed by atoms with Gasteiger partial charge in [-0.15, -0.1) is 24.2 Å². The van der Waals surface area contributed by atoms with Crippen LogP contribution in [0.15, 0.2) is 0 Å². The first-order valence-electron chi connectivity index (χ1n) is 8.58. The first kappa shape index (κ1) is 19.8. The van der Waals surface area contributed by atoms with E-state index in [1.54, 1.807) is 0 Å². The van der Waals surface area contributed by atoms with Crippen molar-refractivity contribution in [3.05, 3.63) is 0 Å². The third-order valence-corrected chi connectivity index (χ3v) is 6.11. The summed E-state index contributed by atoms with van der Waals surface area (Å²) < 4.78 is 5.25. The van der Waals surface area contributed by atoms with Crippen LogP contribution in [-0.2, 0) is 14.3 Å². The number of hydrogen-bond acceptors (Lipinski definition) is 5. The number of carbonyl (C=O) groups is 2. The van der Waals surface area contributed by atoms with E-state index in [0.29, 0.717) is 55.9 Å². The average molecular weight is 378 g/mol. The fourth-order valence-corrected chi connectivity index (χ4v) is 4.62. The van der Waals surface area contributed by atoms with Crippen LogP contribution in [0.4, 0.5) is 0 Å². The van der Waals surface area contributed by atoms with E-state index < -0.39 is 0 Å². The SMILES string of the molecule is CN(C(=O)CSCC(=O)N1CCOCC1)C1CC2CCC(C1)N2.Cl. The first-order chi connectivity index (χ1) is 11.1. The lowest BCUT2D eigenvalue weighted by atomic mass is 9.98. The Bertz CT molecular complexity index is 436. The third kappa shape index (κ3) is 5.00. The molecule has 0 spiro atoms. The zero-order valence-electron chi connectivity index (χ0n) is 14.2. The van der Waals surface area contributed by atoms with E-state index in [1.165, 1.54) is 24.6 Å². The summed E-state index contributed by atoms with van der Waals surface area (Å²) in [5, 5.41) is 3.60. The number of halogens is 1. The van der Waals surface area contributed by atoms with E-state index >= 15 is 0 Å². The summed E-state index contributed by atoms with van der Waals surface area (Å²) in [5.74, 6) is 1.05. The lowest BCUT2D eigenvalue weighted by molar-refractivity contribution is -0.132. The van der Waals surface area contributed by atoms with Gasteiger partial charge in [0.05, 0.1) is 24.7 Å². The molecule has 3 fully saturated rings. The van der Waals surface area contributed by atoms with Gasteiger partial charge in [-0.1, -0.05) is 0 Å². The van der Waals surface area contributed by atoms with Gasteiger partial charge in [-0.3, -0.25) is 9.59 Å². The van der Waals surface area contributed by atoms with Crippen molar-refractivity contribution in [3.63, 3.8) is 0 Å². The molecule has 3 rings (SSSR count). The summed E-state index contributed by atoms with van der Waals surface area (Å²) in [5.41, 5.74) is 0. The quantitative estimate of drug-likeness (QED) is 0.765. The van der Waals surface area contributed by atoms with Crippen LogP contribution < -0.4 is 5.32 Å². The van der Waals surface area contributed by atoms with Crippen LogP contribution in [0.25, 0.3) is 0 Å². The van der Waals surface area contributed by atoms with Crippen LogP contribution in [-0.4, -0.2) is 84.6 Å². The van der Waals surface area contributed by atoms with Gasteiger partial charge >= 0.3 is 0 Å². The van der Waals surface area contributed by atoms with Gasteiger partial charge in [-0.25, -0.2) is 0 Å². The molecule has 3 aliphatic rings. The monoisotopic (exact) mass is 377 g/mol. The molecule has 0 radical (unpaired) electrons. The van der Waals surface area contributed by atoms with Gasteiger partial charge in [0.25, 0.3) is 0 Å². The molecule has 3 saturated heterocycles. The highest BCUT2D eigenvalue weighted by Gasteiger charge is 2.36. The van der Waals surface area contributed by atoms with Crippen LogP contribution in [0, 0.1) is 0 Å². The molecule has 0 saturated carbocycles. The second-order valence-corrected chi connectivity index (χ2v) is 7.74.